The Morgan fingerprint density at radius 2 is 2.09 bits per heavy atom. The quantitative estimate of drug-likeness (QED) is 0.147. The van der Waals surface area contributed by atoms with Crippen LogP contribution in [0.1, 0.15) is 38.2 Å². The molecule has 176 valence electrons. The van der Waals surface area contributed by atoms with E-state index in [4.69, 9.17) is 25.8 Å². The van der Waals surface area contributed by atoms with Crippen molar-refractivity contribution in [1.29, 1.82) is 0 Å². The Hall–Kier alpha value is -1.98. The smallest absolute Gasteiger partial charge is 0.348 e. The van der Waals surface area contributed by atoms with Crippen LogP contribution in [0.4, 0.5) is 5.13 Å². The number of carbonyl (C=O) groups is 1. The van der Waals surface area contributed by atoms with Crippen molar-refractivity contribution in [3.05, 3.63) is 35.0 Å². The third-order valence-corrected chi connectivity index (χ3v) is 6.29. The van der Waals surface area contributed by atoms with Crippen LogP contribution in [-0.4, -0.2) is 60.8 Å². The van der Waals surface area contributed by atoms with Gasteiger partial charge in [0.05, 0.1) is 19.0 Å². The van der Waals surface area contributed by atoms with Crippen LogP contribution in [0.25, 0.3) is 0 Å². The van der Waals surface area contributed by atoms with Gasteiger partial charge in [0.1, 0.15) is 12.4 Å². The number of alkyl halides is 1. The van der Waals surface area contributed by atoms with E-state index in [1.54, 1.807) is 24.1 Å². The Kier molecular flexibility index (Phi) is 9.06. The highest BCUT2D eigenvalue weighted by Crippen LogP contribution is 2.36. The second kappa shape index (κ2) is 11.8. The summed E-state index contributed by atoms with van der Waals surface area (Å²) in [6.45, 7) is 2.73. The lowest BCUT2D eigenvalue weighted by Crippen LogP contribution is -2.51. The topological polar surface area (TPSA) is 96.8 Å². The minimum atomic E-state index is -0.968. The number of nitrogens with zero attached hydrogens (tertiary/aromatic N) is 4. The summed E-state index contributed by atoms with van der Waals surface area (Å²) in [6.07, 6.45) is 3.35. The van der Waals surface area contributed by atoms with E-state index in [1.807, 2.05) is 12.1 Å². The molecule has 1 aromatic heterocycles. The molecule has 0 N–H and O–H groups in total. The van der Waals surface area contributed by atoms with E-state index in [0.29, 0.717) is 17.6 Å². The summed E-state index contributed by atoms with van der Waals surface area (Å²) in [5.41, 5.74) is 0.771. The Labute approximate surface area is 197 Å². The molecule has 0 saturated carbocycles. The van der Waals surface area contributed by atoms with E-state index in [2.05, 4.69) is 17.1 Å². The van der Waals surface area contributed by atoms with Crippen molar-refractivity contribution in [2.24, 2.45) is 0 Å². The molecule has 0 spiro atoms. The van der Waals surface area contributed by atoms with Gasteiger partial charge in [-0.3, -0.25) is 4.65 Å². The number of ether oxygens (including phenoxy) is 3. The van der Waals surface area contributed by atoms with Crippen LogP contribution < -0.4 is 14.1 Å². The number of esters is 1. The minimum Gasteiger partial charge on any atom is -0.622 e. The standard InChI is InChI=1S/C21H29ClN4O5S/c1-3-4-5-8-11-29-21-24-23-20(32-21)26(28)15-25(2)13-18(26)31-19(27)14-30-17-10-7-6-9-16(17)12-22/h6-7,9-10,18H,3-5,8,11-15H2,1-2H3. The van der Waals surface area contributed by atoms with Gasteiger partial charge in [-0.05, 0) is 19.5 Å². The SMILES string of the molecule is CCCCCCOc1nnc([N+]2([O-])CN(C)CC2OC(=O)COc2ccccc2CCl)s1. The summed E-state index contributed by atoms with van der Waals surface area (Å²) < 4.78 is 15.8. The summed E-state index contributed by atoms with van der Waals surface area (Å²) >= 11 is 6.99. The van der Waals surface area contributed by atoms with Crippen molar-refractivity contribution in [3.63, 3.8) is 0 Å². The lowest BCUT2D eigenvalue weighted by atomic mass is 10.2. The van der Waals surface area contributed by atoms with Crippen LogP contribution >= 0.6 is 22.9 Å². The lowest BCUT2D eigenvalue weighted by molar-refractivity contribution is -0.155. The van der Waals surface area contributed by atoms with Gasteiger partial charge >= 0.3 is 11.1 Å². The zero-order valence-corrected chi connectivity index (χ0v) is 19.9. The van der Waals surface area contributed by atoms with Gasteiger partial charge in [0.15, 0.2) is 6.61 Å². The highest BCUT2D eigenvalue weighted by Gasteiger charge is 2.45. The third-order valence-electron chi connectivity index (χ3n) is 5.06. The van der Waals surface area contributed by atoms with Gasteiger partial charge in [-0.15, -0.1) is 11.6 Å². The molecule has 1 aliphatic heterocycles. The second-order valence-corrected chi connectivity index (χ2v) is 8.90. The normalized spacial score (nSPS) is 20.9. The van der Waals surface area contributed by atoms with Crippen molar-refractivity contribution >= 4 is 34.0 Å². The first-order valence-corrected chi connectivity index (χ1v) is 12.0. The summed E-state index contributed by atoms with van der Waals surface area (Å²) in [7, 11) is 1.79. The first-order chi connectivity index (χ1) is 15.5. The summed E-state index contributed by atoms with van der Waals surface area (Å²) in [5, 5.41) is 22.2. The molecule has 1 fully saturated rings. The Morgan fingerprint density at radius 1 is 1.28 bits per heavy atom. The molecule has 2 heterocycles. The molecule has 1 aromatic carbocycles. The van der Waals surface area contributed by atoms with Crippen LogP contribution in [-0.2, 0) is 15.4 Å². The fourth-order valence-corrected chi connectivity index (χ4v) is 4.40. The molecule has 1 aliphatic rings. The Balaban J connectivity index is 1.58. The van der Waals surface area contributed by atoms with E-state index in [-0.39, 0.29) is 30.8 Å². The zero-order chi connectivity index (χ0) is 23.0. The van der Waals surface area contributed by atoms with E-state index in [0.717, 1.165) is 42.6 Å². The number of quaternary nitrogens is 1. The van der Waals surface area contributed by atoms with E-state index in [1.165, 1.54) is 0 Å². The molecular weight excluding hydrogens is 456 g/mol. The van der Waals surface area contributed by atoms with Gasteiger partial charge in [0.25, 0.3) is 11.4 Å². The van der Waals surface area contributed by atoms with Crippen molar-refractivity contribution in [2.75, 3.05) is 33.5 Å². The molecule has 9 nitrogen and oxygen atoms in total. The van der Waals surface area contributed by atoms with Crippen LogP contribution in [0, 0.1) is 5.21 Å². The Morgan fingerprint density at radius 3 is 2.88 bits per heavy atom. The number of likely N-dealkylation sites (N-methyl/N-ethyl adjacent to an activating group) is 1. The molecule has 0 amide bonds. The molecule has 1 saturated heterocycles. The highest BCUT2D eigenvalue weighted by atomic mass is 35.5. The van der Waals surface area contributed by atoms with Crippen molar-refractivity contribution < 1.29 is 19.0 Å². The highest BCUT2D eigenvalue weighted by molar-refractivity contribution is 7.16. The maximum Gasteiger partial charge on any atom is 0.348 e. The average molecular weight is 485 g/mol. The first-order valence-electron chi connectivity index (χ1n) is 10.7. The van der Waals surface area contributed by atoms with Crippen LogP contribution in [0.3, 0.4) is 0 Å². The molecule has 2 unspecified atom stereocenters. The minimum absolute atomic E-state index is 0.0962. The number of halogens is 1. The molecule has 2 aromatic rings. The maximum absolute atomic E-state index is 13.6. The Bertz CT molecular complexity index is 885. The number of para-hydroxylation sites is 1. The maximum atomic E-state index is 13.6. The van der Waals surface area contributed by atoms with Crippen LogP contribution in [0.2, 0.25) is 0 Å². The molecular formula is C21H29ClN4O5S. The van der Waals surface area contributed by atoms with Gasteiger partial charge < -0.3 is 19.4 Å². The van der Waals surface area contributed by atoms with Gasteiger partial charge in [-0.25, -0.2) is 9.69 Å². The number of hydrogen-bond donors (Lipinski definition) is 0. The van der Waals surface area contributed by atoms with Crippen LogP contribution in [0.15, 0.2) is 24.3 Å². The number of carbonyl (C=O) groups excluding carboxylic acids is 1. The fourth-order valence-electron chi connectivity index (χ4n) is 3.39. The number of unbranched alkanes of at least 4 members (excludes halogenated alkanes) is 3. The molecule has 32 heavy (non-hydrogen) atoms. The lowest BCUT2D eigenvalue weighted by Gasteiger charge is -2.38. The van der Waals surface area contributed by atoms with Gasteiger partial charge in [-0.1, -0.05) is 54.6 Å². The van der Waals surface area contributed by atoms with E-state index >= 15 is 0 Å². The number of aromatic nitrogens is 2. The van der Waals surface area contributed by atoms with Crippen molar-refractivity contribution in [3.8, 4) is 10.9 Å². The molecule has 2 atom stereocenters. The molecule has 0 radical (unpaired) electrons. The van der Waals surface area contributed by atoms with Crippen LogP contribution in [0.5, 0.6) is 10.9 Å². The average Bonchev–Trinajstić information content (AvgIpc) is 3.37. The predicted molar refractivity (Wildman–Crippen MR) is 124 cm³/mol. The number of hydrogen-bond acceptors (Lipinski definition) is 9. The number of benzene rings is 1. The zero-order valence-electron chi connectivity index (χ0n) is 18.4. The van der Waals surface area contributed by atoms with Gasteiger partial charge in [-0.2, -0.15) is 0 Å². The van der Waals surface area contributed by atoms with E-state index < -0.39 is 16.8 Å². The second-order valence-electron chi connectivity index (χ2n) is 7.71. The summed E-state index contributed by atoms with van der Waals surface area (Å²) in [6, 6.07) is 7.18. The number of hydroxylamine groups is 2. The summed E-state index contributed by atoms with van der Waals surface area (Å²) in [4.78, 5) is 14.2. The van der Waals surface area contributed by atoms with E-state index in [9.17, 15) is 10.0 Å². The molecule has 0 bridgehead atoms. The van der Waals surface area contributed by atoms with Crippen molar-refractivity contribution in [2.45, 2.75) is 44.7 Å². The van der Waals surface area contributed by atoms with Crippen molar-refractivity contribution in [1.82, 2.24) is 19.7 Å². The third kappa shape index (κ3) is 6.29. The predicted octanol–water partition coefficient (Wildman–Crippen LogP) is 3.89. The van der Waals surface area contributed by atoms with Gasteiger partial charge in [0.2, 0.25) is 0 Å². The fraction of sp³-hybridized carbons (Fsp3) is 0.571. The van der Waals surface area contributed by atoms with Gasteiger partial charge in [0, 0.05) is 16.9 Å². The monoisotopic (exact) mass is 484 g/mol. The molecule has 3 rings (SSSR count). The molecule has 11 heteroatoms. The molecule has 0 aliphatic carbocycles. The first kappa shape index (κ1) is 24.7. The summed E-state index contributed by atoms with van der Waals surface area (Å²) in [5.74, 6) is 0.139. The largest absolute Gasteiger partial charge is 0.622 e. The number of rotatable bonds is 12.